The van der Waals surface area contributed by atoms with Crippen molar-refractivity contribution in [1.82, 2.24) is 0 Å². The predicted octanol–water partition coefficient (Wildman–Crippen LogP) is 0.277. The Morgan fingerprint density at radius 1 is 1.22 bits per heavy atom. The third-order valence-electron chi connectivity index (χ3n) is 1.92. The average molecular weight is 272 g/mol. The standard InChI is InChI=1S/C9H11F3O6/c1-2-18-6(14)3-5(13)4-8(17,7(15)16)9(10,11)12/h17H,2-4H2,1H3,(H,15,16). The highest BCUT2D eigenvalue weighted by molar-refractivity contribution is 5.98. The summed E-state index contributed by atoms with van der Waals surface area (Å²) in [4.78, 5) is 32.3. The summed E-state index contributed by atoms with van der Waals surface area (Å²) >= 11 is 0. The lowest BCUT2D eigenvalue weighted by molar-refractivity contribution is -0.260. The molecule has 1 atom stereocenters. The number of aliphatic hydroxyl groups is 1. The van der Waals surface area contributed by atoms with Crippen molar-refractivity contribution in [3.8, 4) is 0 Å². The van der Waals surface area contributed by atoms with Gasteiger partial charge in [-0.3, -0.25) is 9.59 Å². The number of Topliss-reactive ketones (excluding diaryl/α,β-unsaturated/α-hetero) is 1. The van der Waals surface area contributed by atoms with Crippen LogP contribution in [0.15, 0.2) is 0 Å². The first-order valence-electron chi connectivity index (χ1n) is 4.74. The lowest BCUT2D eigenvalue weighted by atomic mass is 9.95. The van der Waals surface area contributed by atoms with E-state index in [1.165, 1.54) is 6.92 Å². The molecule has 0 aromatic rings. The SMILES string of the molecule is CCOC(=O)CC(=O)CC(O)(C(=O)O)C(F)(F)F. The smallest absolute Gasteiger partial charge is 0.428 e. The number of carboxylic acids is 1. The fourth-order valence-corrected chi connectivity index (χ4v) is 1.02. The molecule has 0 aliphatic carbocycles. The van der Waals surface area contributed by atoms with Crippen molar-refractivity contribution in [3.05, 3.63) is 0 Å². The monoisotopic (exact) mass is 272 g/mol. The number of hydrogen-bond acceptors (Lipinski definition) is 5. The van der Waals surface area contributed by atoms with Crippen LogP contribution in [0, 0.1) is 0 Å². The summed E-state index contributed by atoms with van der Waals surface area (Å²) in [7, 11) is 0. The Hall–Kier alpha value is -1.64. The van der Waals surface area contributed by atoms with E-state index in [0.29, 0.717) is 0 Å². The molecule has 0 aliphatic rings. The molecule has 0 spiro atoms. The number of rotatable bonds is 6. The lowest BCUT2D eigenvalue weighted by Crippen LogP contribution is -2.53. The van der Waals surface area contributed by atoms with Gasteiger partial charge in [0.05, 0.1) is 13.0 Å². The molecule has 0 rings (SSSR count). The van der Waals surface area contributed by atoms with Crippen LogP contribution >= 0.6 is 0 Å². The summed E-state index contributed by atoms with van der Waals surface area (Å²) in [5.41, 5.74) is -4.20. The van der Waals surface area contributed by atoms with Gasteiger partial charge in [-0.1, -0.05) is 0 Å². The van der Waals surface area contributed by atoms with Crippen molar-refractivity contribution in [2.75, 3.05) is 6.61 Å². The predicted molar refractivity (Wildman–Crippen MR) is 49.5 cm³/mol. The molecule has 104 valence electrons. The van der Waals surface area contributed by atoms with Crippen LogP contribution in [0.25, 0.3) is 0 Å². The molecule has 0 fully saturated rings. The van der Waals surface area contributed by atoms with E-state index in [2.05, 4.69) is 4.74 Å². The second-order valence-electron chi connectivity index (χ2n) is 3.36. The van der Waals surface area contributed by atoms with Crippen LogP contribution in [-0.2, 0) is 19.1 Å². The van der Waals surface area contributed by atoms with E-state index >= 15 is 0 Å². The average Bonchev–Trinajstić information content (AvgIpc) is 2.14. The first-order valence-corrected chi connectivity index (χ1v) is 4.74. The molecule has 0 aromatic heterocycles. The summed E-state index contributed by atoms with van der Waals surface area (Å²) in [5.74, 6) is -5.07. The molecule has 1 unspecified atom stereocenters. The van der Waals surface area contributed by atoms with Gasteiger partial charge >= 0.3 is 18.1 Å². The van der Waals surface area contributed by atoms with Gasteiger partial charge in [0.1, 0.15) is 12.2 Å². The van der Waals surface area contributed by atoms with Gasteiger partial charge in [0.15, 0.2) is 0 Å². The number of carboxylic acid groups (broad SMARTS) is 1. The number of carbonyl (C=O) groups is 3. The van der Waals surface area contributed by atoms with Gasteiger partial charge in [-0.05, 0) is 6.92 Å². The molecule has 9 heteroatoms. The van der Waals surface area contributed by atoms with Gasteiger partial charge < -0.3 is 14.9 Å². The Bertz CT molecular complexity index is 351. The minimum atomic E-state index is -5.52. The Morgan fingerprint density at radius 2 is 1.72 bits per heavy atom. The van der Waals surface area contributed by atoms with Crippen LogP contribution < -0.4 is 0 Å². The quantitative estimate of drug-likeness (QED) is 0.532. The normalized spacial score (nSPS) is 14.7. The molecule has 0 amide bonds. The van der Waals surface area contributed by atoms with Crippen molar-refractivity contribution in [3.63, 3.8) is 0 Å². The van der Waals surface area contributed by atoms with E-state index in [9.17, 15) is 27.6 Å². The van der Waals surface area contributed by atoms with Crippen LogP contribution in [0.5, 0.6) is 0 Å². The minimum absolute atomic E-state index is 0.0748. The number of aliphatic carboxylic acids is 1. The number of hydrogen-bond donors (Lipinski definition) is 2. The summed E-state index contributed by atoms with van der Waals surface area (Å²) in [6, 6.07) is 0. The van der Waals surface area contributed by atoms with Crippen LogP contribution in [0.3, 0.4) is 0 Å². The van der Waals surface area contributed by atoms with E-state index in [4.69, 9.17) is 10.2 Å². The Kier molecular flexibility index (Phi) is 5.28. The van der Waals surface area contributed by atoms with Gasteiger partial charge in [-0.25, -0.2) is 4.79 Å². The van der Waals surface area contributed by atoms with Gasteiger partial charge in [-0.2, -0.15) is 13.2 Å². The maximum Gasteiger partial charge on any atom is 0.428 e. The van der Waals surface area contributed by atoms with Crippen LogP contribution in [0.2, 0.25) is 0 Å². The van der Waals surface area contributed by atoms with Gasteiger partial charge in [-0.15, -0.1) is 0 Å². The topological polar surface area (TPSA) is 101 Å². The number of carbonyl (C=O) groups excluding carboxylic acids is 2. The summed E-state index contributed by atoms with van der Waals surface area (Å²) in [6.45, 7) is 1.35. The van der Waals surface area contributed by atoms with Crippen LogP contribution in [0.4, 0.5) is 13.2 Å². The number of ether oxygens (including phenoxy) is 1. The molecule has 0 aromatic carbocycles. The van der Waals surface area contributed by atoms with Crippen molar-refractivity contribution < 1.29 is 42.5 Å². The summed E-state index contributed by atoms with van der Waals surface area (Å²) < 4.78 is 41.2. The fraction of sp³-hybridized carbons (Fsp3) is 0.667. The molecular formula is C9H11F3O6. The van der Waals surface area contributed by atoms with E-state index in [1.807, 2.05) is 0 Å². The molecule has 0 heterocycles. The molecule has 0 aliphatic heterocycles. The molecule has 18 heavy (non-hydrogen) atoms. The number of ketones is 1. The maximum absolute atomic E-state index is 12.3. The van der Waals surface area contributed by atoms with E-state index in [0.717, 1.165) is 0 Å². The zero-order valence-corrected chi connectivity index (χ0v) is 9.28. The zero-order valence-electron chi connectivity index (χ0n) is 9.28. The largest absolute Gasteiger partial charge is 0.479 e. The number of alkyl halides is 3. The van der Waals surface area contributed by atoms with E-state index in [-0.39, 0.29) is 6.61 Å². The molecule has 6 nitrogen and oxygen atoms in total. The number of halogens is 3. The minimum Gasteiger partial charge on any atom is -0.479 e. The Labute approximate surface area is 99.3 Å². The summed E-state index contributed by atoms with van der Waals surface area (Å²) in [5, 5.41) is 17.3. The maximum atomic E-state index is 12.3. The van der Waals surface area contributed by atoms with Crippen LogP contribution in [0.1, 0.15) is 19.8 Å². The molecule has 2 N–H and O–H groups in total. The first-order chi connectivity index (χ1) is 8.04. The van der Waals surface area contributed by atoms with Crippen molar-refractivity contribution >= 4 is 17.7 Å². The van der Waals surface area contributed by atoms with Gasteiger partial charge in [0.2, 0.25) is 0 Å². The van der Waals surface area contributed by atoms with Crippen LogP contribution in [-0.4, -0.2) is 46.3 Å². The van der Waals surface area contributed by atoms with Gasteiger partial charge in [0.25, 0.3) is 5.60 Å². The second kappa shape index (κ2) is 5.80. The Morgan fingerprint density at radius 3 is 2.06 bits per heavy atom. The number of esters is 1. The van der Waals surface area contributed by atoms with Crippen molar-refractivity contribution in [2.24, 2.45) is 0 Å². The lowest BCUT2D eigenvalue weighted by Gasteiger charge is -2.25. The Balaban J connectivity index is 4.78. The summed E-state index contributed by atoms with van der Waals surface area (Å²) in [6.07, 6.45) is -8.30. The zero-order chi connectivity index (χ0) is 14.6. The highest BCUT2D eigenvalue weighted by atomic mass is 19.4. The molecular weight excluding hydrogens is 261 g/mol. The second-order valence-corrected chi connectivity index (χ2v) is 3.36. The first kappa shape index (κ1) is 16.4. The third kappa shape index (κ3) is 3.99. The molecule has 0 bridgehead atoms. The van der Waals surface area contributed by atoms with E-state index < -0.39 is 42.3 Å². The fourth-order valence-electron chi connectivity index (χ4n) is 1.02. The van der Waals surface area contributed by atoms with Crippen molar-refractivity contribution in [2.45, 2.75) is 31.5 Å². The molecule has 0 radical (unpaired) electrons. The van der Waals surface area contributed by atoms with Gasteiger partial charge in [0, 0.05) is 0 Å². The highest BCUT2D eigenvalue weighted by Gasteiger charge is 2.61. The highest BCUT2D eigenvalue weighted by Crippen LogP contribution is 2.33. The molecule has 0 saturated carbocycles. The van der Waals surface area contributed by atoms with Crippen molar-refractivity contribution in [1.29, 1.82) is 0 Å². The van der Waals surface area contributed by atoms with E-state index in [1.54, 1.807) is 0 Å². The third-order valence-corrected chi connectivity index (χ3v) is 1.92. The molecule has 0 saturated heterocycles.